The van der Waals surface area contributed by atoms with Crippen LogP contribution in [0.5, 0.6) is 0 Å². The van der Waals surface area contributed by atoms with Crippen LogP contribution in [0.2, 0.25) is 0 Å². The molecule has 2 aliphatic rings. The van der Waals surface area contributed by atoms with Crippen LogP contribution >= 0.6 is 15.9 Å². The SMILES string of the molecule is Nc1nc2n(n1)[C@@H](c1ccc(F)c(Br)c1)C1=C(CCCC1=O)N2. The van der Waals surface area contributed by atoms with Crippen LogP contribution in [0.25, 0.3) is 0 Å². The van der Waals surface area contributed by atoms with Gasteiger partial charge in [-0.25, -0.2) is 9.07 Å². The predicted molar refractivity (Wildman–Crippen MR) is 86.2 cm³/mol. The van der Waals surface area contributed by atoms with Crippen molar-refractivity contribution in [3.8, 4) is 0 Å². The summed E-state index contributed by atoms with van der Waals surface area (Å²) < 4.78 is 15.5. The number of hydrogen-bond donors (Lipinski definition) is 2. The Morgan fingerprint density at radius 1 is 1.39 bits per heavy atom. The van der Waals surface area contributed by atoms with Crippen LogP contribution in [-0.2, 0) is 4.79 Å². The first kappa shape index (κ1) is 14.4. The van der Waals surface area contributed by atoms with Gasteiger partial charge in [-0.2, -0.15) is 4.98 Å². The van der Waals surface area contributed by atoms with Gasteiger partial charge in [0.2, 0.25) is 11.9 Å². The number of allylic oxidation sites excluding steroid dienone is 2. The molecule has 1 atom stereocenters. The average Bonchev–Trinajstić information content (AvgIpc) is 2.88. The minimum absolute atomic E-state index is 0.0731. The molecule has 1 aliphatic carbocycles. The molecule has 0 spiro atoms. The molecule has 0 bridgehead atoms. The number of fused-ring (bicyclic) bond motifs is 1. The van der Waals surface area contributed by atoms with Crippen LogP contribution in [0.1, 0.15) is 30.9 Å². The molecule has 6 nitrogen and oxygen atoms in total. The molecular weight excluding hydrogens is 365 g/mol. The van der Waals surface area contributed by atoms with Crippen LogP contribution in [0.15, 0.2) is 33.9 Å². The molecule has 3 N–H and O–H groups in total. The van der Waals surface area contributed by atoms with E-state index in [1.54, 1.807) is 16.8 Å². The second-order valence-corrected chi connectivity index (χ2v) is 6.46. The summed E-state index contributed by atoms with van der Waals surface area (Å²) in [4.78, 5) is 16.7. The van der Waals surface area contributed by atoms with Crippen LogP contribution in [0.3, 0.4) is 0 Å². The summed E-state index contributed by atoms with van der Waals surface area (Å²) in [5.74, 6) is 0.349. The first-order valence-electron chi connectivity index (χ1n) is 7.25. The van der Waals surface area contributed by atoms with Gasteiger partial charge in [0.25, 0.3) is 0 Å². The van der Waals surface area contributed by atoms with Crippen molar-refractivity contribution in [2.45, 2.75) is 25.3 Å². The van der Waals surface area contributed by atoms with Gasteiger partial charge in [0.1, 0.15) is 11.9 Å². The number of benzene rings is 1. The monoisotopic (exact) mass is 377 g/mol. The number of rotatable bonds is 1. The molecule has 0 saturated heterocycles. The average molecular weight is 378 g/mol. The van der Waals surface area contributed by atoms with Crippen molar-refractivity contribution in [3.63, 3.8) is 0 Å². The molecule has 2 heterocycles. The summed E-state index contributed by atoms with van der Waals surface area (Å²) in [6.45, 7) is 0. The number of carbonyl (C=O) groups is 1. The van der Waals surface area contributed by atoms with Crippen molar-refractivity contribution in [1.29, 1.82) is 0 Å². The second-order valence-electron chi connectivity index (χ2n) is 5.61. The minimum Gasteiger partial charge on any atom is -0.366 e. The van der Waals surface area contributed by atoms with Crippen LogP contribution < -0.4 is 11.1 Å². The molecule has 1 aromatic carbocycles. The van der Waals surface area contributed by atoms with Gasteiger partial charge in [0.05, 0.1) is 4.47 Å². The highest BCUT2D eigenvalue weighted by Crippen LogP contribution is 2.40. The number of ketones is 1. The molecule has 0 radical (unpaired) electrons. The van der Waals surface area contributed by atoms with E-state index >= 15 is 0 Å². The summed E-state index contributed by atoms with van der Waals surface area (Å²) >= 11 is 3.20. The Morgan fingerprint density at radius 2 is 2.22 bits per heavy atom. The zero-order chi connectivity index (χ0) is 16.1. The number of anilines is 2. The summed E-state index contributed by atoms with van der Waals surface area (Å²) in [5.41, 5.74) is 7.99. The van der Waals surface area contributed by atoms with Gasteiger partial charge >= 0.3 is 0 Å². The lowest BCUT2D eigenvalue weighted by molar-refractivity contribution is -0.116. The first-order chi connectivity index (χ1) is 11.0. The van der Waals surface area contributed by atoms with E-state index in [0.29, 0.717) is 22.4 Å². The molecule has 8 heteroatoms. The molecule has 118 valence electrons. The maximum atomic E-state index is 13.6. The molecule has 23 heavy (non-hydrogen) atoms. The third-order valence-electron chi connectivity index (χ3n) is 4.14. The summed E-state index contributed by atoms with van der Waals surface area (Å²) in [7, 11) is 0. The fraction of sp³-hybridized carbons (Fsp3) is 0.267. The molecule has 0 fully saturated rings. The van der Waals surface area contributed by atoms with E-state index in [2.05, 4.69) is 31.3 Å². The molecular formula is C15H13BrFN5O. The Bertz CT molecular complexity index is 860. The van der Waals surface area contributed by atoms with E-state index in [0.717, 1.165) is 24.1 Å². The molecule has 2 aromatic rings. The molecule has 1 aromatic heterocycles. The quantitative estimate of drug-likeness (QED) is 0.797. The van der Waals surface area contributed by atoms with E-state index in [9.17, 15) is 9.18 Å². The van der Waals surface area contributed by atoms with E-state index in [1.165, 1.54) is 6.07 Å². The van der Waals surface area contributed by atoms with Crippen molar-refractivity contribution in [2.75, 3.05) is 11.1 Å². The largest absolute Gasteiger partial charge is 0.366 e. The fourth-order valence-electron chi connectivity index (χ4n) is 3.16. The number of carbonyl (C=O) groups excluding carboxylic acids is 1. The van der Waals surface area contributed by atoms with Gasteiger partial charge in [0.15, 0.2) is 5.78 Å². The summed E-state index contributed by atoms with van der Waals surface area (Å²) in [6.07, 6.45) is 2.07. The van der Waals surface area contributed by atoms with Gasteiger partial charge < -0.3 is 11.1 Å². The highest BCUT2D eigenvalue weighted by molar-refractivity contribution is 9.10. The number of Topliss-reactive ketones (excluding diaryl/α,β-unsaturated/α-hetero) is 1. The number of hydrogen-bond acceptors (Lipinski definition) is 5. The Balaban J connectivity index is 1.94. The molecule has 1 aliphatic heterocycles. The maximum Gasteiger partial charge on any atom is 0.241 e. The minimum atomic E-state index is -0.448. The van der Waals surface area contributed by atoms with Crippen LogP contribution in [0.4, 0.5) is 16.3 Å². The molecule has 0 unspecified atom stereocenters. The van der Waals surface area contributed by atoms with Gasteiger partial charge in [-0.3, -0.25) is 4.79 Å². The van der Waals surface area contributed by atoms with E-state index in [-0.39, 0.29) is 17.5 Å². The van der Waals surface area contributed by atoms with Crippen molar-refractivity contribution in [1.82, 2.24) is 14.8 Å². The number of nitrogens with two attached hydrogens (primary N) is 1. The Kier molecular flexibility index (Phi) is 3.22. The summed E-state index contributed by atoms with van der Waals surface area (Å²) in [5, 5.41) is 7.37. The molecule has 0 amide bonds. The van der Waals surface area contributed by atoms with E-state index in [1.807, 2.05) is 0 Å². The lowest BCUT2D eigenvalue weighted by atomic mass is 9.85. The van der Waals surface area contributed by atoms with Gasteiger partial charge in [0, 0.05) is 17.7 Å². The van der Waals surface area contributed by atoms with E-state index < -0.39 is 6.04 Å². The lowest BCUT2D eigenvalue weighted by Gasteiger charge is -2.32. The third-order valence-corrected chi connectivity index (χ3v) is 4.75. The predicted octanol–water partition coefficient (Wildman–Crippen LogP) is 2.78. The van der Waals surface area contributed by atoms with Gasteiger partial charge in [-0.15, -0.1) is 5.10 Å². The number of halogens is 2. The van der Waals surface area contributed by atoms with Crippen LogP contribution in [0, 0.1) is 5.82 Å². The molecule has 0 saturated carbocycles. The smallest absolute Gasteiger partial charge is 0.241 e. The number of aromatic nitrogens is 3. The van der Waals surface area contributed by atoms with Crippen molar-refractivity contribution >= 4 is 33.6 Å². The lowest BCUT2D eigenvalue weighted by Crippen LogP contribution is -2.31. The van der Waals surface area contributed by atoms with E-state index in [4.69, 9.17) is 5.73 Å². The zero-order valence-electron chi connectivity index (χ0n) is 12.0. The normalized spacial score (nSPS) is 20.1. The highest BCUT2D eigenvalue weighted by Gasteiger charge is 2.36. The summed E-state index contributed by atoms with van der Waals surface area (Å²) in [6, 6.07) is 4.24. The van der Waals surface area contributed by atoms with Crippen molar-refractivity contribution in [2.24, 2.45) is 0 Å². The third kappa shape index (κ3) is 2.24. The van der Waals surface area contributed by atoms with Crippen LogP contribution in [-0.4, -0.2) is 20.5 Å². The van der Waals surface area contributed by atoms with Gasteiger partial charge in [-0.1, -0.05) is 6.07 Å². The fourth-order valence-corrected chi connectivity index (χ4v) is 3.56. The zero-order valence-corrected chi connectivity index (χ0v) is 13.6. The number of nitrogens with zero attached hydrogens (tertiary/aromatic N) is 3. The van der Waals surface area contributed by atoms with Crippen molar-refractivity contribution < 1.29 is 9.18 Å². The van der Waals surface area contributed by atoms with Gasteiger partial charge in [-0.05, 0) is 46.5 Å². The Labute approximate surface area is 139 Å². The van der Waals surface area contributed by atoms with Crippen molar-refractivity contribution in [3.05, 3.63) is 45.3 Å². The number of nitrogen functional groups attached to an aromatic ring is 1. The standard InChI is InChI=1S/C15H13BrFN5O/c16-8-6-7(4-5-9(8)17)13-12-10(2-1-3-11(12)23)19-15-20-14(18)21-22(13)15/h4-6,13H,1-3H2,(H3,18,19,20,21)/t13-/m0/s1. The Morgan fingerprint density at radius 3 is 3.00 bits per heavy atom. The Hall–Kier alpha value is -2.22. The highest BCUT2D eigenvalue weighted by atomic mass is 79.9. The topological polar surface area (TPSA) is 85.8 Å². The second kappa shape index (κ2) is 5.16. The maximum absolute atomic E-state index is 13.6. The first-order valence-corrected chi connectivity index (χ1v) is 8.04. The number of nitrogens with one attached hydrogen (secondary N) is 1. The molecule has 4 rings (SSSR count).